The topological polar surface area (TPSA) is 122 Å². The molecule has 0 spiro atoms. The number of hydrogen-bond acceptors (Lipinski definition) is 7. The standard InChI is InChI=1S/C23H33N7O/c1-23(2,3)29-16-9-10-30(13-16)21(25)8-7-18(24)17-6-5-15(11-20(17)31)19-12-22(26-4)28-14-27-19/h5-8,11-12,14,16,25-26,29,31H,9-10,13,24H2,1-4H3,(H,27,28)/b8-7-,18-17-,19-15-,25-21?. The minimum atomic E-state index is 0.0588. The Balaban J connectivity index is 1.75. The lowest BCUT2D eigenvalue weighted by Gasteiger charge is -2.26. The SMILES string of the molecule is CNC1=C/C(=c2\cc/c(=C(N)\C=C/C(=N)N3CCC(NC(C)(C)C)C3)c(O)c2)NC=N1. The fourth-order valence-electron chi connectivity index (χ4n) is 3.71. The Hall–Kier alpha value is -3.26. The van der Waals surface area contributed by atoms with Gasteiger partial charge in [-0.05, 0) is 51.5 Å². The minimum Gasteiger partial charge on any atom is -0.507 e. The first-order valence-corrected chi connectivity index (χ1v) is 10.5. The predicted molar refractivity (Wildman–Crippen MR) is 127 cm³/mol. The van der Waals surface area contributed by atoms with Crippen LogP contribution < -0.4 is 32.1 Å². The monoisotopic (exact) mass is 423 g/mol. The van der Waals surface area contributed by atoms with Crippen LogP contribution in [0.5, 0.6) is 5.75 Å². The Morgan fingerprint density at radius 3 is 2.81 bits per heavy atom. The summed E-state index contributed by atoms with van der Waals surface area (Å²) in [6.45, 7) is 8.10. The lowest BCUT2D eigenvalue weighted by molar-refractivity contribution is 0.360. The molecule has 2 aliphatic heterocycles. The van der Waals surface area contributed by atoms with E-state index in [1.807, 2.05) is 17.0 Å². The van der Waals surface area contributed by atoms with Crippen LogP contribution in [0.1, 0.15) is 27.2 Å². The maximum atomic E-state index is 10.5. The lowest BCUT2D eigenvalue weighted by atomic mass is 10.1. The third-order valence-corrected chi connectivity index (χ3v) is 5.17. The number of nitrogens with zero attached hydrogens (tertiary/aromatic N) is 2. The molecule has 1 fully saturated rings. The molecule has 1 unspecified atom stereocenters. The fourth-order valence-corrected chi connectivity index (χ4v) is 3.71. The molecule has 2 aliphatic rings. The van der Waals surface area contributed by atoms with Gasteiger partial charge in [0.2, 0.25) is 0 Å². The molecule has 1 saturated heterocycles. The highest BCUT2D eigenvalue weighted by molar-refractivity contribution is 5.92. The summed E-state index contributed by atoms with van der Waals surface area (Å²) in [5, 5.41) is 29.9. The second-order valence-corrected chi connectivity index (χ2v) is 8.83. The zero-order chi connectivity index (χ0) is 22.6. The Morgan fingerprint density at radius 1 is 1.35 bits per heavy atom. The van der Waals surface area contributed by atoms with Crippen LogP contribution >= 0.6 is 0 Å². The van der Waals surface area contributed by atoms with Crippen molar-refractivity contribution in [3.8, 4) is 5.75 Å². The van der Waals surface area contributed by atoms with Gasteiger partial charge in [0.1, 0.15) is 17.4 Å². The highest BCUT2D eigenvalue weighted by Crippen LogP contribution is 2.14. The second kappa shape index (κ2) is 9.26. The van der Waals surface area contributed by atoms with Gasteiger partial charge < -0.3 is 31.7 Å². The summed E-state index contributed by atoms with van der Waals surface area (Å²) in [6, 6.07) is 5.70. The van der Waals surface area contributed by atoms with Crippen LogP contribution in [0.4, 0.5) is 0 Å². The van der Waals surface area contributed by atoms with Gasteiger partial charge in [0.15, 0.2) is 0 Å². The second-order valence-electron chi connectivity index (χ2n) is 8.83. The molecule has 0 bridgehead atoms. The number of amidine groups is 1. The predicted octanol–water partition coefficient (Wildman–Crippen LogP) is 0.255. The number of nitrogens with two attached hydrogens (primary N) is 1. The van der Waals surface area contributed by atoms with E-state index in [0.29, 0.717) is 22.8 Å². The van der Waals surface area contributed by atoms with Crippen LogP contribution in [0.15, 0.2) is 47.2 Å². The number of phenolic OH excluding ortho intramolecular Hbond substituents is 1. The number of benzene rings is 1. The molecular formula is C23H33N7O. The molecule has 0 aromatic heterocycles. The summed E-state index contributed by atoms with van der Waals surface area (Å²) in [5.41, 5.74) is 7.49. The van der Waals surface area contributed by atoms with E-state index in [2.05, 4.69) is 41.7 Å². The van der Waals surface area contributed by atoms with Gasteiger partial charge in [0.25, 0.3) is 0 Å². The summed E-state index contributed by atoms with van der Waals surface area (Å²) >= 11 is 0. The number of aromatic hydroxyl groups is 1. The number of aliphatic imine (C=N–C) groups is 1. The Morgan fingerprint density at radius 2 is 2.13 bits per heavy atom. The first-order valence-electron chi connectivity index (χ1n) is 10.5. The zero-order valence-corrected chi connectivity index (χ0v) is 18.7. The molecule has 3 rings (SSSR count). The molecule has 31 heavy (non-hydrogen) atoms. The summed E-state index contributed by atoms with van der Waals surface area (Å²) in [6.07, 6.45) is 7.84. The molecule has 0 radical (unpaired) electrons. The van der Waals surface area contributed by atoms with E-state index < -0.39 is 0 Å². The smallest absolute Gasteiger partial charge is 0.129 e. The molecule has 0 saturated carbocycles. The van der Waals surface area contributed by atoms with Crippen molar-refractivity contribution in [1.29, 1.82) is 5.41 Å². The third kappa shape index (κ3) is 5.88. The van der Waals surface area contributed by atoms with Gasteiger partial charge in [-0.1, -0.05) is 6.07 Å². The van der Waals surface area contributed by atoms with Crippen LogP contribution in [-0.4, -0.2) is 53.9 Å². The highest BCUT2D eigenvalue weighted by Gasteiger charge is 2.26. The van der Waals surface area contributed by atoms with Crippen molar-refractivity contribution in [1.82, 2.24) is 20.9 Å². The number of nitrogens with one attached hydrogen (secondary N) is 4. The number of hydrogen-bond donors (Lipinski definition) is 6. The lowest BCUT2D eigenvalue weighted by Crippen LogP contribution is -2.45. The maximum Gasteiger partial charge on any atom is 0.129 e. The van der Waals surface area contributed by atoms with E-state index >= 15 is 0 Å². The van der Waals surface area contributed by atoms with Crippen LogP contribution in [0, 0.1) is 5.41 Å². The normalized spacial score (nSPS) is 21.7. The van der Waals surface area contributed by atoms with Gasteiger partial charge in [0.05, 0.1) is 12.0 Å². The van der Waals surface area contributed by atoms with Crippen LogP contribution in [0.2, 0.25) is 0 Å². The largest absolute Gasteiger partial charge is 0.507 e. The van der Waals surface area contributed by atoms with Crippen molar-refractivity contribution in [3.05, 3.63) is 52.7 Å². The highest BCUT2D eigenvalue weighted by atomic mass is 16.3. The molecule has 1 aromatic carbocycles. The zero-order valence-electron chi connectivity index (χ0n) is 18.7. The van der Waals surface area contributed by atoms with Crippen molar-refractivity contribution in [3.63, 3.8) is 0 Å². The van der Waals surface area contributed by atoms with E-state index in [9.17, 15) is 5.11 Å². The summed E-state index contributed by atoms with van der Waals surface area (Å²) in [5.74, 6) is 1.23. The third-order valence-electron chi connectivity index (χ3n) is 5.17. The van der Waals surface area contributed by atoms with Crippen molar-refractivity contribution in [2.24, 2.45) is 10.7 Å². The van der Waals surface area contributed by atoms with E-state index in [1.165, 1.54) is 0 Å². The van der Waals surface area contributed by atoms with Crippen LogP contribution in [0.3, 0.4) is 0 Å². The Bertz CT molecular complexity index is 1050. The van der Waals surface area contributed by atoms with Crippen molar-refractivity contribution >= 4 is 23.6 Å². The molecule has 2 heterocycles. The van der Waals surface area contributed by atoms with Crippen LogP contribution in [0.25, 0.3) is 11.4 Å². The van der Waals surface area contributed by atoms with Gasteiger partial charge in [-0.15, -0.1) is 0 Å². The fraction of sp³-hybridized carbons (Fsp3) is 0.391. The first-order chi connectivity index (χ1) is 14.7. The van der Waals surface area contributed by atoms with Crippen LogP contribution in [-0.2, 0) is 0 Å². The molecular weight excluding hydrogens is 390 g/mol. The van der Waals surface area contributed by atoms with E-state index in [-0.39, 0.29) is 11.3 Å². The van der Waals surface area contributed by atoms with E-state index in [4.69, 9.17) is 11.1 Å². The molecule has 1 atom stereocenters. The molecule has 166 valence electrons. The minimum absolute atomic E-state index is 0.0588. The molecule has 0 amide bonds. The van der Waals surface area contributed by atoms with Gasteiger partial charge >= 0.3 is 0 Å². The Kier molecular flexibility index (Phi) is 6.70. The van der Waals surface area contributed by atoms with Gasteiger partial charge in [0, 0.05) is 53.9 Å². The summed E-state index contributed by atoms with van der Waals surface area (Å²) in [7, 11) is 1.80. The average molecular weight is 424 g/mol. The molecule has 0 aliphatic carbocycles. The van der Waals surface area contributed by atoms with Gasteiger partial charge in [-0.3, -0.25) is 5.41 Å². The average Bonchev–Trinajstić information content (AvgIpc) is 3.18. The molecule has 1 aromatic rings. The summed E-state index contributed by atoms with van der Waals surface area (Å²) in [4.78, 5) is 6.19. The molecule has 8 nitrogen and oxygen atoms in total. The Labute approximate surface area is 183 Å². The van der Waals surface area contributed by atoms with Gasteiger partial charge in [-0.2, -0.15) is 0 Å². The van der Waals surface area contributed by atoms with Crippen molar-refractivity contribution in [2.45, 2.75) is 38.8 Å². The molecule has 7 N–H and O–H groups in total. The van der Waals surface area contributed by atoms with E-state index in [1.54, 1.807) is 37.7 Å². The first kappa shape index (κ1) is 22.4. The number of likely N-dealkylation sites (tertiary alicyclic amines) is 1. The number of phenols is 1. The van der Waals surface area contributed by atoms with E-state index in [0.717, 1.165) is 36.2 Å². The molecule has 8 heteroatoms. The summed E-state index contributed by atoms with van der Waals surface area (Å²) < 4.78 is 0. The quantitative estimate of drug-likeness (QED) is 0.305. The maximum absolute atomic E-state index is 10.5. The number of rotatable bonds is 4. The van der Waals surface area contributed by atoms with Crippen molar-refractivity contribution < 1.29 is 5.11 Å². The van der Waals surface area contributed by atoms with Gasteiger partial charge in [-0.25, -0.2) is 4.99 Å². The van der Waals surface area contributed by atoms with Crippen molar-refractivity contribution in [2.75, 3.05) is 20.1 Å².